The second kappa shape index (κ2) is 5.34. The zero-order valence-electron chi connectivity index (χ0n) is 10.6. The number of amides is 1. The molecular weight excluding hydrogens is 242 g/mol. The highest BCUT2D eigenvalue weighted by Gasteiger charge is 2.13. The summed E-state index contributed by atoms with van der Waals surface area (Å²) in [6.45, 7) is 2.34. The van der Waals surface area contributed by atoms with Gasteiger partial charge in [0, 0.05) is 6.20 Å². The highest BCUT2D eigenvalue weighted by atomic mass is 16.1. The topological polar surface area (TPSA) is 99.3 Å². The van der Waals surface area contributed by atoms with Crippen molar-refractivity contribution in [1.29, 1.82) is 0 Å². The quantitative estimate of drug-likeness (QED) is 0.623. The van der Waals surface area contributed by atoms with Crippen molar-refractivity contribution in [2.45, 2.75) is 13.5 Å². The first-order chi connectivity index (χ1) is 9.06. The van der Waals surface area contributed by atoms with E-state index in [1.807, 2.05) is 30.3 Å². The van der Waals surface area contributed by atoms with Gasteiger partial charge in [-0.3, -0.25) is 9.48 Å². The van der Waals surface area contributed by atoms with E-state index >= 15 is 0 Å². The van der Waals surface area contributed by atoms with Crippen LogP contribution in [0.4, 0.5) is 0 Å². The van der Waals surface area contributed by atoms with Crippen LogP contribution in [0.1, 0.15) is 21.6 Å². The van der Waals surface area contributed by atoms with Gasteiger partial charge in [-0.1, -0.05) is 30.3 Å². The number of guanidine groups is 1. The van der Waals surface area contributed by atoms with E-state index < -0.39 is 5.91 Å². The first-order valence-corrected chi connectivity index (χ1v) is 5.78. The van der Waals surface area contributed by atoms with Crippen molar-refractivity contribution in [2.75, 3.05) is 0 Å². The Balaban J connectivity index is 2.22. The van der Waals surface area contributed by atoms with Crippen molar-refractivity contribution in [3.63, 3.8) is 0 Å². The van der Waals surface area contributed by atoms with Gasteiger partial charge in [-0.25, -0.2) is 0 Å². The van der Waals surface area contributed by atoms with E-state index in [-0.39, 0.29) is 5.96 Å². The summed E-state index contributed by atoms with van der Waals surface area (Å²) in [6, 6.07) is 9.85. The van der Waals surface area contributed by atoms with Gasteiger partial charge < -0.3 is 11.5 Å². The summed E-state index contributed by atoms with van der Waals surface area (Å²) >= 11 is 0. The molecule has 2 aromatic rings. The summed E-state index contributed by atoms with van der Waals surface area (Å²) in [6.07, 6.45) is 1.65. The number of aliphatic imine (C=N–C) groups is 1. The molecule has 1 aromatic carbocycles. The molecule has 0 aliphatic rings. The zero-order valence-corrected chi connectivity index (χ0v) is 10.6. The number of benzene rings is 1. The van der Waals surface area contributed by atoms with E-state index in [9.17, 15) is 4.79 Å². The minimum atomic E-state index is -0.475. The van der Waals surface area contributed by atoms with Crippen LogP contribution in [0.3, 0.4) is 0 Å². The van der Waals surface area contributed by atoms with Crippen LogP contribution in [0.2, 0.25) is 0 Å². The third-order valence-electron chi connectivity index (χ3n) is 2.59. The molecule has 2 rings (SSSR count). The van der Waals surface area contributed by atoms with Gasteiger partial charge in [0.05, 0.1) is 17.8 Å². The summed E-state index contributed by atoms with van der Waals surface area (Å²) in [5, 5.41) is 4.28. The number of carbonyl (C=O) groups excluding carboxylic acids is 1. The monoisotopic (exact) mass is 257 g/mol. The maximum atomic E-state index is 11.7. The SMILES string of the molecule is Cc1nn(Cc2ccccc2)cc1C(=O)N=C(N)N. The summed E-state index contributed by atoms with van der Waals surface area (Å²) in [5.74, 6) is -0.725. The second-order valence-electron chi connectivity index (χ2n) is 4.15. The van der Waals surface area contributed by atoms with Crippen LogP contribution < -0.4 is 11.5 Å². The fourth-order valence-electron chi connectivity index (χ4n) is 1.76. The zero-order chi connectivity index (χ0) is 13.8. The van der Waals surface area contributed by atoms with Crippen LogP contribution in [0.25, 0.3) is 0 Å². The lowest BCUT2D eigenvalue weighted by Gasteiger charge is -2.00. The maximum absolute atomic E-state index is 11.7. The molecule has 6 nitrogen and oxygen atoms in total. The molecule has 1 aromatic heterocycles. The highest BCUT2D eigenvalue weighted by Crippen LogP contribution is 2.09. The number of aryl methyl sites for hydroxylation is 1. The van der Waals surface area contributed by atoms with E-state index in [1.165, 1.54) is 0 Å². The maximum Gasteiger partial charge on any atom is 0.283 e. The molecule has 4 N–H and O–H groups in total. The van der Waals surface area contributed by atoms with Gasteiger partial charge in [0.2, 0.25) is 0 Å². The van der Waals surface area contributed by atoms with E-state index in [0.29, 0.717) is 17.8 Å². The average Bonchev–Trinajstić information content (AvgIpc) is 2.70. The number of hydrogen-bond donors (Lipinski definition) is 2. The number of rotatable bonds is 3. The Kier molecular flexibility index (Phi) is 3.61. The summed E-state index contributed by atoms with van der Waals surface area (Å²) in [7, 11) is 0. The first kappa shape index (κ1) is 12.8. The number of aromatic nitrogens is 2. The number of nitrogens with two attached hydrogens (primary N) is 2. The van der Waals surface area contributed by atoms with Gasteiger partial charge in [0.15, 0.2) is 5.96 Å². The van der Waals surface area contributed by atoms with Crippen molar-refractivity contribution in [2.24, 2.45) is 16.5 Å². The van der Waals surface area contributed by atoms with E-state index in [0.717, 1.165) is 5.56 Å². The molecule has 0 atom stereocenters. The molecule has 0 bridgehead atoms. The molecule has 0 radical (unpaired) electrons. The Bertz CT molecular complexity index is 611. The highest BCUT2D eigenvalue weighted by molar-refractivity contribution is 6.02. The number of carbonyl (C=O) groups is 1. The molecule has 98 valence electrons. The molecular formula is C13H15N5O. The molecule has 6 heteroatoms. The minimum Gasteiger partial charge on any atom is -0.370 e. The summed E-state index contributed by atoms with van der Waals surface area (Å²) < 4.78 is 1.69. The van der Waals surface area contributed by atoms with Crippen molar-refractivity contribution in [3.05, 3.63) is 53.3 Å². The molecule has 0 aliphatic carbocycles. The van der Waals surface area contributed by atoms with Gasteiger partial charge in [0.25, 0.3) is 5.91 Å². The lowest BCUT2D eigenvalue weighted by atomic mass is 10.2. The van der Waals surface area contributed by atoms with Gasteiger partial charge in [0.1, 0.15) is 0 Å². The van der Waals surface area contributed by atoms with E-state index in [4.69, 9.17) is 11.5 Å². The Hall–Kier alpha value is -2.63. The van der Waals surface area contributed by atoms with Crippen molar-refractivity contribution >= 4 is 11.9 Å². The van der Waals surface area contributed by atoms with Gasteiger partial charge in [-0.15, -0.1) is 0 Å². The largest absolute Gasteiger partial charge is 0.370 e. The molecule has 0 saturated carbocycles. The first-order valence-electron chi connectivity index (χ1n) is 5.78. The summed E-state index contributed by atoms with van der Waals surface area (Å²) in [4.78, 5) is 15.2. The normalized spacial score (nSPS) is 10.2. The Morgan fingerprint density at radius 2 is 2.00 bits per heavy atom. The van der Waals surface area contributed by atoms with Gasteiger partial charge >= 0.3 is 0 Å². The predicted molar refractivity (Wildman–Crippen MR) is 72.6 cm³/mol. The minimum absolute atomic E-state index is 0.250. The van der Waals surface area contributed by atoms with E-state index in [2.05, 4.69) is 10.1 Å². The number of nitrogens with zero attached hydrogens (tertiary/aromatic N) is 3. The van der Waals surface area contributed by atoms with Crippen molar-refractivity contribution in [1.82, 2.24) is 9.78 Å². The van der Waals surface area contributed by atoms with Crippen LogP contribution in [-0.2, 0) is 6.54 Å². The Morgan fingerprint density at radius 1 is 1.32 bits per heavy atom. The van der Waals surface area contributed by atoms with Crippen LogP contribution in [0.15, 0.2) is 41.5 Å². The third kappa shape index (κ3) is 3.19. The molecule has 0 spiro atoms. The standard InChI is InChI=1S/C13H15N5O/c1-9-11(12(19)16-13(14)15)8-18(17-9)7-10-5-3-2-4-6-10/h2-6,8H,7H2,1H3,(H4,14,15,16,19). The molecule has 0 saturated heterocycles. The molecule has 0 aliphatic heterocycles. The predicted octanol–water partition coefficient (Wildman–Crippen LogP) is 0.653. The van der Waals surface area contributed by atoms with Crippen molar-refractivity contribution < 1.29 is 4.79 Å². The molecule has 0 unspecified atom stereocenters. The van der Waals surface area contributed by atoms with Crippen LogP contribution in [0.5, 0.6) is 0 Å². The lowest BCUT2D eigenvalue weighted by molar-refractivity contribution is 0.100. The van der Waals surface area contributed by atoms with Gasteiger partial charge in [-0.2, -0.15) is 10.1 Å². The van der Waals surface area contributed by atoms with Gasteiger partial charge in [-0.05, 0) is 12.5 Å². The van der Waals surface area contributed by atoms with Crippen LogP contribution in [-0.4, -0.2) is 21.6 Å². The van der Waals surface area contributed by atoms with Crippen LogP contribution >= 0.6 is 0 Å². The average molecular weight is 257 g/mol. The fourth-order valence-corrected chi connectivity index (χ4v) is 1.76. The lowest BCUT2D eigenvalue weighted by Crippen LogP contribution is -2.24. The van der Waals surface area contributed by atoms with Crippen LogP contribution in [0, 0.1) is 6.92 Å². The molecule has 19 heavy (non-hydrogen) atoms. The summed E-state index contributed by atoms with van der Waals surface area (Å²) in [5.41, 5.74) is 12.5. The third-order valence-corrected chi connectivity index (χ3v) is 2.59. The van der Waals surface area contributed by atoms with Crippen molar-refractivity contribution in [3.8, 4) is 0 Å². The number of hydrogen-bond acceptors (Lipinski definition) is 2. The Labute approximate surface area is 110 Å². The Morgan fingerprint density at radius 3 is 2.63 bits per heavy atom. The second-order valence-corrected chi connectivity index (χ2v) is 4.15. The molecule has 1 amide bonds. The smallest absolute Gasteiger partial charge is 0.283 e. The fraction of sp³-hybridized carbons (Fsp3) is 0.154. The molecule has 0 fully saturated rings. The molecule has 1 heterocycles. The van der Waals surface area contributed by atoms with E-state index in [1.54, 1.807) is 17.8 Å².